The standard InChI is InChI=1S/C9H15N3O/c1-9(2,7-10)11-8(13)6-12-4-3-5-12/h3-6H2,1-2H3,(H,11,13). The molecule has 0 aromatic heterocycles. The Morgan fingerprint density at radius 3 is 2.62 bits per heavy atom. The Balaban J connectivity index is 2.28. The summed E-state index contributed by atoms with van der Waals surface area (Å²) < 4.78 is 0. The van der Waals surface area contributed by atoms with Crippen molar-refractivity contribution in [2.24, 2.45) is 0 Å². The number of nitrogens with one attached hydrogen (secondary N) is 1. The van der Waals surface area contributed by atoms with E-state index < -0.39 is 5.54 Å². The van der Waals surface area contributed by atoms with Gasteiger partial charge < -0.3 is 5.32 Å². The Kier molecular flexibility index (Phi) is 2.89. The molecule has 0 aromatic carbocycles. The molecule has 0 spiro atoms. The molecule has 1 rings (SSSR count). The summed E-state index contributed by atoms with van der Waals surface area (Å²) in [6, 6.07) is 2.03. The van der Waals surface area contributed by atoms with E-state index in [4.69, 9.17) is 5.26 Å². The van der Waals surface area contributed by atoms with Crippen LogP contribution < -0.4 is 5.32 Å². The van der Waals surface area contributed by atoms with Gasteiger partial charge >= 0.3 is 0 Å². The first-order valence-corrected chi connectivity index (χ1v) is 4.48. The van der Waals surface area contributed by atoms with Gasteiger partial charge in [-0.2, -0.15) is 5.26 Å². The predicted octanol–water partition coefficient (Wildman–Crippen LogP) is 0.110. The second kappa shape index (κ2) is 3.75. The second-order valence-electron chi connectivity index (χ2n) is 3.91. The maximum Gasteiger partial charge on any atom is 0.235 e. The average molecular weight is 181 g/mol. The summed E-state index contributed by atoms with van der Waals surface area (Å²) in [6.07, 6.45) is 1.18. The van der Waals surface area contributed by atoms with Gasteiger partial charge in [-0.3, -0.25) is 9.69 Å². The van der Waals surface area contributed by atoms with Crippen LogP contribution >= 0.6 is 0 Å². The van der Waals surface area contributed by atoms with Gasteiger partial charge in [0.1, 0.15) is 5.54 Å². The predicted molar refractivity (Wildman–Crippen MR) is 48.9 cm³/mol. The van der Waals surface area contributed by atoms with Crippen molar-refractivity contribution in [1.29, 1.82) is 5.26 Å². The van der Waals surface area contributed by atoms with Gasteiger partial charge in [0.2, 0.25) is 5.91 Å². The lowest BCUT2D eigenvalue weighted by Crippen LogP contribution is -2.49. The molecule has 1 saturated heterocycles. The first-order valence-electron chi connectivity index (χ1n) is 4.48. The van der Waals surface area contributed by atoms with Crippen LogP contribution in [0.25, 0.3) is 0 Å². The highest BCUT2D eigenvalue weighted by atomic mass is 16.2. The Labute approximate surface area is 78.5 Å². The van der Waals surface area contributed by atoms with Crippen molar-refractivity contribution in [3.05, 3.63) is 0 Å². The maximum absolute atomic E-state index is 11.3. The highest BCUT2D eigenvalue weighted by molar-refractivity contribution is 5.79. The highest BCUT2D eigenvalue weighted by Crippen LogP contribution is 2.05. The minimum atomic E-state index is -0.748. The number of nitriles is 1. The van der Waals surface area contributed by atoms with Crippen LogP contribution in [0.3, 0.4) is 0 Å². The quantitative estimate of drug-likeness (QED) is 0.672. The van der Waals surface area contributed by atoms with Gasteiger partial charge in [-0.1, -0.05) is 0 Å². The molecule has 1 N–H and O–H groups in total. The number of carbonyl (C=O) groups excluding carboxylic acids is 1. The van der Waals surface area contributed by atoms with Crippen LogP contribution in [0.1, 0.15) is 20.3 Å². The van der Waals surface area contributed by atoms with Crippen LogP contribution in [0, 0.1) is 11.3 Å². The SMILES string of the molecule is CC(C)(C#N)NC(=O)CN1CCC1. The molecule has 0 radical (unpaired) electrons. The molecular formula is C9H15N3O. The van der Waals surface area contributed by atoms with Crippen LogP contribution in [0.2, 0.25) is 0 Å². The molecule has 0 atom stereocenters. The second-order valence-corrected chi connectivity index (χ2v) is 3.91. The van der Waals surface area contributed by atoms with E-state index in [1.165, 1.54) is 6.42 Å². The molecule has 1 heterocycles. The molecule has 13 heavy (non-hydrogen) atoms. The fraction of sp³-hybridized carbons (Fsp3) is 0.778. The van der Waals surface area contributed by atoms with Crippen LogP contribution in [-0.2, 0) is 4.79 Å². The summed E-state index contributed by atoms with van der Waals surface area (Å²) in [5.74, 6) is -0.0637. The van der Waals surface area contributed by atoms with Crippen LogP contribution in [0.5, 0.6) is 0 Å². The van der Waals surface area contributed by atoms with Crippen molar-refractivity contribution < 1.29 is 4.79 Å². The first-order chi connectivity index (χ1) is 6.03. The molecule has 1 fully saturated rings. The van der Waals surface area contributed by atoms with Gasteiger partial charge in [0.25, 0.3) is 0 Å². The third kappa shape index (κ3) is 3.03. The molecular weight excluding hydrogens is 166 g/mol. The number of nitrogens with zero attached hydrogens (tertiary/aromatic N) is 2. The number of likely N-dealkylation sites (tertiary alicyclic amines) is 1. The van der Waals surface area contributed by atoms with Gasteiger partial charge in [0.05, 0.1) is 12.6 Å². The van der Waals surface area contributed by atoms with E-state index in [0.717, 1.165) is 13.1 Å². The topological polar surface area (TPSA) is 56.1 Å². The van der Waals surface area contributed by atoms with Crippen LogP contribution in [0.15, 0.2) is 0 Å². The van der Waals surface area contributed by atoms with Crippen molar-refractivity contribution in [2.75, 3.05) is 19.6 Å². The molecule has 1 aliphatic rings. The molecule has 72 valence electrons. The van der Waals surface area contributed by atoms with Crippen molar-refractivity contribution >= 4 is 5.91 Å². The summed E-state index contributed by atoms with van der Waals surface area (Å²) in [6.45, 7) is 5.81. The minimum Gasteiger partial charge on any atom is -0.337 e. The molecule has 0 saturated carbocycles. The van der Waals surface area contributed by atoms with E-state index in [2.05, 4.69) is 10.2 Å². The fourth-order valence-electron chi connectivity index (χ4n) is 1.16. The summed E-state index contributed by atoms with van der Waals surface area (Å²) >= 11 is 0. The number of rotatable bonds is 3. The highest BCUT2D eigenvalue weighted by Gasteiger charge is 2.22. The molecule has 1 aliphatic heterocycles. The number of hydrogen-bond acceptors (Lipinski definition) is 3. The van der Waals surface area contributed by atoms with E-state index in [0.29, 0.717) is 6.54 Å². The summed E-state index contributed by atoms with van der Waals surface area (Å²) in [7, 11) is 0. The Morgan fingerprint density at radius 1 is 1.62 bits per heavy atom. The average Bonchev–Trinajstić information content (AvgIpc) is 1.96. The van der Waals surface area contributed by atoms with Gasteiger partial charge in [-0.15, -0.1) is 0 Å². The Hall–Kier alpha value is -1.08. The molecule has 4 nitrogen and oxygen atoms in total. The maximum atomic E-state index is 11.3. The molecule has 0 bridgehead atoms. The van der Waals surface area contributed by atoms with Crippen molar-refractivity contribution in [1.82, 2.24) is 10.2 Å². The number of hydrogen-bond donors (Lipinski definition) is 1. The molecule has 1 amide bonds. The van der Waals surface area contributed by atoms with Gasteiger partial charge in [0.15, 0.2) is 0 Å². The van der Waals surface area contributed by atoms with E-state index in [1.807, 2.05) is 6.07 Å². The largest absolute Gasteiger partial charge is 0.337 e. The Morgan fingerprint density at radius 2 is 2.23 bits per heavy atom. The molecule has 0 aliphatic carbocycles. The smallest absolute Gasteiger partial charge is 0.235 e. The zero-order valence-electron chi connectivity index (χ0n) is 8.13. The zero-order chi connectivity index (χ0) is 9.90. The summed E-state index contributed by atoms with van der Waals surface area (Å²) in [5, 5.41) is 11.3. The Bertz CT molecular complexity index is 238. The van der Waals surface area contributed by atoms with Crippen LogP contribution in [0.4, 0.5) is 0 Å². The van der Waals surface area contributed by atoms with Crippen molar-refractivity contribution in [3.8, 4) is 6.07 Å². The zero-order valence-corrected chi connectivity index (χ0v) is 8.13. The van der Waals surface area contributed by atoms with Gasteiger partial charge in [-0.25, -0.2) is 0 Å². The van der Waals surface area contributed by atoms with Crippen LogP contribution in [-0.4, -0.2) is 36.0 Å². The lowest BCUT2D eigenvalue weighted by atomic mass is 10.1. The number of carbonyl (C=O) groups is 1. The third-order valence-corrected chi connectivity index (χ3v) is 2.05. The fourth-order valence-corrected chi connectivity index (χ4v) is 1.16. The number of amides is 1. The molecule has 0 aromatic rings. The lowest BCUT2D eigenvalue weighted by Gasteiger charge is -2.30. The normalized spacial score (nSPS) is 17.3. The van der Waals surface area contributed by atoms with E-state index in [-0.39, 0.29) is 5.91 Å². The molecule has 0 unspecified atom stereocenters. The lowest BCUT2D eigenvalue weighted by molar-refractivity contribution is -0.124. The third-order valence-electron chi connectivity index (χ3n) is 2.05. The van der Waals surface area contributed by atoms with Gasteiger partial charge in [0, 0.05) is 0 Å². The molecule has 4 heteroatoms. The van der Waals surface area contributed by atoms with E-state index in [1.54, 1.807) is 13.8 Å². The minimum absolute atomic E-state index is 0.0637. The summed E-state index contributed by atoms with van der Waals surface area (Å²) in [4.78, 5) is 13.4. The van der Waals surface area contributed by atoms with E-state index in [9.17, 15) is 4.79 Å². The van der Waals surface area contributed by atoms with Gasteiger partial charge in [-0.05, 0) is 33.4 Å². The monoisotopic (exact) mass is 181 g/mol. The first kappa shape index (κ1) is 10.0. The van der Waals surface area contributed by atoms with Crippen molar-refractivity contribution in [2.45, 2.75) is 25.8 Å². The van der Waals surface area contributed by atoms with Crippen molar-refractivity contribution in [3.63, 3.8) is 0 Å². The van der Waals surface area contributed by atoms with E-state index >= 15 is 0 Å². The summed E-state index contributed by atoms with van der Waals surface area (Å²) in [5.41, 5.74) is -0.748.